The molecule has 0 saturated heterocycles. The Kier molecular flexibility index (Phi) is 5.29. The van der Waals surface area contributed by atoms with E-state index in [0.29, 0.717) is 5.56 Å². The van der Waals surface area contributed by atoms with E-state index in [1.807, 2.05) is 60.7 Å². The van der Waals surface area contributed by atoms with Gasteiger partial charge in [-0.05, 0) is 29.5 Å². The number of pyridine rings is 1. The van der Waals surface area contributed by atoms with Crippen molar-refractivity contribution in [3.8, 4) is 11.1 Å². The van der Waals surface area contributed by atoms with Gasteiger partial charge in [0.25, 0.3) is 5.91 Å². The van der Waals surface area contributed by atoms with Crippen LogP contribution in [0.4, 0.5) is 5.69 Å². The van der Waals surface area contributed by atoms with Crippen LogP contribution in [0.15, 0.2) is 78.0 Å². The molecular formula is C20H18N2OS. The normalized spacial score (nSPS) is 10.4. The minimum Gasteiger partial charge on any atom is -0.321 e. The largest absolute Gasteiger partial charge is 0.321 e. The lowest BCUT2D eigenvalue weighted by atomic mass is 10.0. The van der Waals surface area contributed by atoms with Crippen molar-refractivity contribution in [2.24, 2.45) is 0 Å². The summed E-state index contributed by atoms with van der Waals surface area (Å²) in [6.07, 6.45) is 1.68. The number of benzene rings is 2. The van der Waals surface area contributed by atoms with E-state index in [0.717, 1.165) is 27.6 Å². The van der Waals surface area contributed by atoms with Gasteiger partial charge in [0.05, 0.1) is 5.03 Å². The van der Waals surface area contributed by atoms with Gasteiger partial charge in [-0.3, -0.25) is 4.79 Å². The molecule has 3 aromatic rings. The van der Waals surface area contributed by atoms with Gasteiger partial charge in [-0.25, -0.2) is 4.98 Å². The molecule has 0 aliphatic carbocycles. The third-order valence-corrected chi connectivity index (χ3v) is 4.36. The van der Waals surface area contributed by atoms with E-state index < -0.39 is 0 Å². The molecule has 1 aromatic heterocycles. The number of hydrogen-bond donors (Lipinski definition) is 1. The van der Waals surface area contributed by atoms with Crippen molar-refractivity contribution in [2.45, 2.75) is 11.9 Å². The Hall–Kier alpha value is -2.59. The summed E-state index contributed by atoms with van der Waals surface area (Å²) < 4.78 is 0. The molecule has 0 fully saturated rings. The molecule has 1 N–H and O–H groups in total. The zero-order chi connectivity index (χ0) is 16.8. The fourth-order valence-corrected chi connectivity index (χ4v) is 3.07. The average Bonchev–Trinajstić information content (AvgIpc) is 2.63. The summed E-state index contributed by atoms with van der Waals surface area (Å²) in [6, 6.07) is 21.4. The minimum atomic E-state index is -0.126. The van der Waals surface area contributed by atoms with Crippen LogP contribution in [0.2, 0.25) is 0 Å². The molecule has 3 nitrogen and oxygen atoms in total. The molecule has 120 valence electrons. The van der Waals surface area contributed by atoms with Gasteiger partial charge >= 0.3 is 0 Å². The second-order valence-corrected chi connectivity index (χ2v) is 6.47. The molecule has 0 atom stereocenters. The average molecular weight is 334 g/mol. The van der Waals surface area contributed by atoms with E-state index in [1.54, 1.807) is 24.0 Å². The van der Waals surface area contributed by atoms with E-state index in [9.17, 15) is 4.79 Å². The van der Waals surface area contributed by atoms with Gasteiger partial charge < -0.3 is 5.32 Å². The maximum Gasteiger partial charge on any atom is 0.255 e. The van der Waals surface area contributed by atoms with E-state index in [1.165, 1.54) is 0 Å². The molecule has 0 saturated carbocycles. The van der Waals surface area contributed by atoms with E-state index in [-0.39, 0.29) is 5.91 Å². The van der Waals surface area contributed by atoms with Crippen molar-refractivity contribution in [1.29, 1.82) is 0 Å². The molecular weight excluding hydrogens is 316 g/mol. The van der Waals surface area contributed by atoms with Gasteiger partial charge in [-0.2, -0.15) is 0 Å². The maximum absolute atomic E-state index is 12.6. The zero-order valence-corrected chi connectivity index (χ0v) is 14.2. The maximum atomic E-state index is 12.6. The van der Waals surface area contributed by atoms with Crippen molar-refractivity contribution in [3.63, 3.8) is 0 Å². The molecule has 2 aromatic carbocycles. The summed E-state index contributed by atoms with van der Waals surface area (Å²) in [5.74, 6) is 0.799. The molecule has 3 rings (SSSR count). The Balaban J connectivity index is 1.86. The smallest absolute Gasteiger partial charge is 0.255 e. The second kappa shape index (κ2) is 7.79. The number of anilines is 1. The predicted molar refractivity (Wildman–Crippen MR) is 100 cm³/mol. The summed E-state index contributed by atoms with van der Waals surface area (Å²) in [6.45, 7) is 2.06. The van der Waals surface area contributed by atoms with E-state index in [4.69, 9.17) is 0 Å². The van der Waals surface area contributed by atoms with Crippen LogP contribution in [0.1, 0.15) is 17.3 Å². The first-order chi connectivity index (χ1) is 11.8. The second-order valence-electron chi connectivity index (χ2n) is 5.18. The Morgan fingerprint density at radius 2 is 1.79 bits per heavy atom. The first-order valence-electron chi connectivity index (χ1n) is 7.82. The SMILES string of the molecule is CCSc1cc(C(=O)Nc2ccccc2-c2ccccc2)ccn1. The Morgan fingerprint density at radius 1 is 1.04 bits per heavy atom. The first kappa shape index (κ1) is 16.3. The Morgan fingerprint density at radius 3 is 2.58 bits per heavy atom. The topological polar surface area (TPSA) is 42.0 Å². The van der Waals surface area contributed by atoms with Crippen LogP contribution in [-0.4, -0.2) is 16.6 Å². The summed E-state index contributed by atoms with van der Waals surface area (Å²) >= 11 is 1.62. The highest BCUT2D eigenvalue weighted by atomic mass is 32.2. The standard InChI is InChI=1S/C20H18N2OS/c1-2-24-19-14-16(12-13-21-19)20(23)22-18-11-7-6-10-17(18)15-8-4-3-5-9-15/h3-14H,2H2,1H3,(H,22,23). The fourth-order valence-electron chi connectivity index (χ4n) is 2.43. The fraction of sp³-hybridized carbons (Fsp3) is 0.100. The van der Waals surface area contributed by atoms with E-state index >= 15 is 0 Å². The van der Waals surface area contributed by atoms with Crippen LogP contribution < -0.4 is 5.32 Å². The highest BCUT2D eigenvalue weighted by Gasteiger charge is 2.11. The number of nitrogens with zero attached hydrogens (tertiary/aromatic N) is 1. The van der Waals surface area contributed by atoms with Gasteiger partial charge in [0.15, 0.2) is 0 Å². The highest BCUT2D eigenvalue weighted by Crippen LogP contribution is 2.28. The molecule has 4 heteroatoms. The number of carbonyl (C=O) groups excluding carboxylic acids is 1. The van der Waals surface area contributed by atoms with Gasteiger partial charge in [0.1, 0.15) is 0 Å². The van der Waals surface area contributed by atoms with Gasteiger partial charge in [-0.1, -0.05) is 55.5 Å². The van der Waals surface area contributed by atoms with Crippen LogP contribution in [0.25, 0.3) is 11.1 Å². The summed E-state index contributed by atoms with van der Waals surface area (Å²) in [5.41, 5.74) is 3.49. The minimum absolute atomic E-state index is 0.126. The summed E-state index contributed by atoms with van der Waals surface area (Å²) in [7, 11) is 0. The third-order valence-electron chi connectivity index (χ3n) is 3.55. The lowest BCUT2D eigenvalue weighted by molar-refractivity contribution is 0.102. The molecule has 0 spiro atoms. The molecule has 24 heavy (non-hydrogen) atoms. The van der Waals surface area contributed by atoms with Crippen LogP contribution in [0.3, 0.4) is 0 Å². The van der Waals surface area contributed by atoms with Crippen molar-refractivity contribution in [3.05, 3.63) is 78.5 Å². The molecule has 1 heterocycles. The number of carbonyl (C=O) groups is 1. The zero-order valence-electron chi connectivity index (χ0n) is 13.4. The van der Waals surface area contributed by atoms with Crippen LogP contribution >= 0.6 is 11.8 Å². The quantitative estimate of drug-likeness (QED) is 0.659. The van der Waals surface area contributed by atoms with Crippen LogP contribution in [0.5, 0.6) is 0 Å². The van der Waals surface area contributed by atoms with Crippen LogP contribution in [-0.2, 0) is 0 Å². The first-order valence-corrected chi connectivity index (χ1v) is 8.81. The van der Waals surface area contributed by atoms with E-state index in [2.05, 4.69) is 17.2 Å². The number of amides is 1. The lowest BCUT2D eigenvalue weighted by Gasteiger charge is -2.11. The highest BCUT2D eigenvalue weighted by molar-refractivity contribution is 7.99. The number of aromatic nitrogens is 1. The van der Waals surface area contributed by atoms with Crippen molar-refractivity contribution in [1.82, 2.24) is 4.98 Å². The van der Waals surface area contributed by atoms with Crippen LogP contribution in [0, 0.1) is 0 Å². The number of rotatable bonds is 5. The molecule has 0 aliphatic rings. The molecule has 1 amide bonds. The Bertz CT molecular complexity index is 834. The van der Waals surface area contributed by atoms with Gasteiger partial charge in [-0.15, -0.1) is 11.8 Å². The number of thioether (sulfide) groups is 1. The predicted octanol–water partition coefficient (Wildman–Crippen LogP) is 5.11. The lowest BCUT2D eigenvalue weighted by Crippen LogP contribution is -2.12. The van der Waals surface area contributed by atoms with Crippen molar-refractivity contribution < 1.29 is 4.79 Å². The van der Waals surface area contributed by atoms with Gasteiger partial charge in [0, 0.05) is 23.0 Å². The summed E-state index contributed by atoms with van der Waals surface area (Å²) in [4.78, 5) is 16.9. The van der Waals surface area contributed by atoms with Crippen molar-refractivity contribution >= 4 is 23.4 Å². The van der Waals surface area contributed by atoms with Crippen molar-refractivity contribution in [2.75, 3.05) is 11.1 Å². The number of nitrogens with one attached hydrogen (secondary N) is 1. The molecule has 0 unspecified atom stereocenters. The number of para-hydroxylation sites is 1. The summed E-state index contributed by atoms with van der Waals surface area (Å²) in [5, 5.41) is 3.88. The number of hydrogen-bond acceptors (Lipinski definition) is 3. The third kappa shape index (κ3) is 3.84. The Labute approximate surface area is 146 Å². The van der Waals surface area contributed by atoms with Gasteiger partial charge in [0.2, 0.25) is 0 Å². The molecule has 0 radical (unpaired) electrons. The molecule has 0 aliphatic heterocycles. The monoisotopic (exact) mass is 334 g/mol. The molecule has 0 bridgehead atoms.